The SMILES string of the molecule is CN(C)C(=O)CCNCC(O)COCC1CC1. The van der Waals surface area contributed by atoms with E-state index in [1.807, 2.05) is 0 Å². The quantitative estimate of drug-likeness (QED) is 0.553. The van der Waals surface area contributed by atoms with Gasteiger partial charge in [0.25, 0.3) is 0 Å². The highest BCUT2D eigenvalue weighted by atomic mass is 16.5. The standard InChI is InChI=1S/C12H24N2O3/c1-14(2)12(16)5-6-13-7-11(15)9-17-8-10-3-4-10/h10-11,13,15H,3-9H2,1-2H3. The van der Waals surface area contributed by atoms with Crippen molar-refractivity contribution < 1.29 is 14.6 Å². The van der Waals surface area contributed by atoms with Crippen LogP contribution in [0.15, 0.2) is 0 Å². The summed E-state index contributed by atoms with van der Waals surface area (Å²) >= 11 is 0. The second-order valence-electron chi connectivity index (χ2n) is 4.88. The van der Waals surface area contributed by atoms with E-state index >= 15 is 0 Å². The third-order valence-corrected chi connectivity index (χ3v) is 2.76. The topological polar surface area (TPSA) is 61.8 Å². The summed E-state index contributed by atoms with van der Waals surface area (Å²) < 4.78 is 5.37. The zero-order valence-electron chi connectivity index (χ0n) is 10.8. The highest BCUT2D eigenvalue weighted by Crippen LogP contribution is 2.28. The van der Waals surface area contributed by atoms with E-state index < -0.39 is 6.10 Å². The number of aliphatic hydroxyl groups is 1. The minimum absolute atomic E-state index is 0.0944. The number of rotatable bonds is 9. The molecule has 100 valence electrons. The van der Waals surface area contributed by atoms with Gasteiger partial charge in [0.1, 0.15) is 0 Å². The Balaban J connectivity index is 1.88. The molecular weight excluding hydrogens is 220 g/mol. The fourth-order valence-corrected chi connectivity index (χ4v) is 1.40. The normalized spacial score (nSPS) is 16.9. The summed E-state index contributed by atoms with van der Waals surface area (Å²) in [5.74, 6) is 0.824. The van der Waals surface area contributed by atoms with E-state index in [1.165, 1.54) is 12.8 Å². The Morgan fingerprint density at radius 3 is 2.82 bits per heavy atom. The minimum Gasteiger partial charge on any atom is -0.389 e. The molecule has 1 amide bonds. The molecule has 0 aromatic rings. The summed E-state index contributed by atoms with van der Waals surface area (Å²) in [6.45, 7) is 2.23. The second kappa shape index (κ2) is 7.63. The highest BCUT2D eigenvalue weighted by Gasteiger charge is 2.21. The number of hydrogen-bond donors (Lipinski definition) is 2. The van der Waals surface area contributed by atoms with E-state index in [4.69, 9.17) is 4.74 Å². The van der Waals surface area contributed by atoms with E-state index in [2.05, 4.69) is 5.32 Å². The molecule has 1 atom stereocenters. The summed E-state index contributed by atoms with van der Waals surface area (Å²) in [6.07, 6.45) is 2.51. The maximum absolute atomic E-state index is 11.2. The molecule has 5 heteroatoms. The Kier molecular flexibility index (Phi) is 6.47. The van der Waals surface area contributed by atoms with Crippen molar-refractivity contribution in [3.8, 4) is 0 Å². The first-order valence-electron chi connectivity index (χ1n) is 6.26. The van der Waals surface area contributed by atoms with Gasteiger partial charge in [0.05, 0.1) is 12.7 Å². The van der Waals surface area contributed by atoms with Gasteiger partial charge >= 0.3 is 0 Å². The maximum atomic E-state index is 11.2. The molecule has 0 heterocycles. The minimum atomic E-state index is -0.483. The van der Waals surface area contributed by atoms with Gasteiger partial charge < -0.3 is 20.1 Å². The summed E-state index contributed by atoms with van der Waals surface area (Å²) in [5, 5.41) is 12.6. The number of hydrogen-bond acceptors (Lipinski definition) is 4. The number of carbonyl (C=O) groups is 1. The van der Waals surface area contributed by atoms with Gasteiger partial charge in [0, 0.05) is 40.2 Å². The lowest BCUT2D eigenvalue weighted by atomic mass is 10.3. The van der Waals surface area contributed by atoms with Crippen molar-refractivity contribution in [3.63, 3.8) is 0 Å². The van der Waals surface area contributed by atoms with Gasteiger partial charge in [-0.3, -0.25) is 4.79 Å². The van der Waals surface area contributed by atoms with Gasteiger partial charge in [-0.2, -0.15) is 0 Å². The molecule has 1 aliphatic rings. The van der Waals surface area contributed by atoms with Crippen molar-refractivity contribution in [2.45, 2.75) is 25.4 Å². The van der Waals surface area contributed by atoms with E-state index in [0.717, 1.165) is 12.5 Å². The third kappa shape index (κ3) is 7.31. The van der Waals surface area contributed by atoms with E-state index in [0.29, 0.717) is 26.1 Å². The lowest BCUT2D eigenvalue weighted by Gasteiger charge is -2.13. The number of carbonyl (C=O) groups excluding carboxylic acids is 1. The number of nitrogens with zero attached hydrogens (tertiary/aromatic N) is 1. The molecule has 1 saturated carbocycles. The lowest BCUT2D eigenvalue weighted by molar-refractivity contribution is -0.128. The molecule has 1 rings (SSSR count). The average Bonchev–Trinajstić information content (AvgIpc) is 3.08. The first-order chi connectivity index (χ1) is 8.09. The molecule has 0 aromatic carbocycles. The van der Waals surface area contributed by atoms with Gasteiger partial charge in [-0.05, 0) is 18.8 Å². The molecule has 1 unspecified atom stereocenters. The van der Waals surface area contributed by atoms with Crippen molar-refractivity contribution in [1.29, 1.82) is 0 Å². The van der Waals surface area contributed by atoms with Crippen LogP contribution < -0.4 is 5.32 Å². The van der Waals surface area contributed by atoms with Gasteiger partial charge in [-0.15, -0.1) is 0 Å². The van der Waals surface area contributed by atoms with Gasteiger partial charge in [-0.25, -0.2) is 0 Å². The number of aliphatic hydroxyl groups excluding tert-OH is 1. The van der Waals surface area contributed by atoms with Crippen LogP contribution in [0.1, 0.15) is 19.3 Å². The Morgan fingerprint density at radius 1 is 1.53 bits per heavy atom. The first-order valence-corrected chi connectivity index (χ1v) is 6.26. The zero-order chi connectivity index (χ0) is 12.7. The summed E-state index contributed by atoms with van der Waals surface area (Å²) in [5.41, 5.74) is 0. The van der Waals surface area contributed by atoms with E-state index in [1.54, 1.807) is 19.0 Å². The Labute approximate surface area is 103 Å². The van der Waals surface area contributed by atoms with Crippen LogP contribution >= 0.6 is 0 Å². The van der Waals surface area contributed by atoms with Crippen LogP contribution in [0.5, 0.6) is 0 Å². The second-order valence-corrected chi connectivity index (χ2v) is 4.88. The van der Waals surface area contributed by atoms with Crippen LogP contribution in [0.3, 0.4) is 0 Å². The number of nitrogens with one attached hydrogen (secondary N) is 1. The number of amides is 1. The van der Waals surface area contributed by atoms with E-state index in [9.17, 15) is 9.90 Å². The maximum Gasteiger partial charge on any atom is 0.223 e. The summed E-state index contributed by atoms with van der Waals surface area (Å²) in [7, 11) is 3.48. The Bertz CT molecular complexity index is 230. The molecule has 2 N–H and O–H groups in total. The predicted octanol–water partition coefficient (Wildman–Crippen LogP) is -0.158. The summed E-state index contributed by atoms with van der Waals surface area (Å²) in [4.78, 5) is 12.8. The third-order valence-electron chi connectivity index (χ3n) is 2.76. The van der Waals surface area contributed by atoms with Crippen LogP contribution in [0.25, 0.3) is 0 Å². The van der Waals surface area contributed by atoms with Crippen LogP contribution in [-0.4, -0.2) is 62.4 Å². The van der Waals surface area contributed by atoms with Crippen LogP contribution in [-0.2, 0) is 9.53 Å². The van der Waals surface area contributed by atoms with Gasteiger partial charge in [0.15, 0.2) is 0 Å². The van der Waals surface area contributed by atoms with Crippen LogP contribution in [0.4, 0.5) is 0 Å². The van der Waals surface area contributed by atoms with Crippen LogP contribution in [0, 0.1) is 5.92 Å². The fourth-order valence-electron chi connectivity index (χ4n) is 1.40. The summed E-state index contributed by atoms with van der Waals surface area (Å²) in [6, 6.07) is 0. The molecule has 0 bridgehead atoms. The average molecular weight is 244 g/mol. The molecule has 5 nitrogen and oxygen atoms in total. The van der Waals surface area contributed by atoms with Gasteiger partial charge in [0.2, 0.25) is 5.91 Å². The molecule has 0 aliphatic heterocycles. The van der Waals surface area contributed by atoms with Gasteiger partial charge in [-0.1, -0.05) is 0 Å². The highest BCUT2D eigenvalue weighted by molar-refractivity contribution is 5.75. The van der Waals surface area contributed by atoms with Crippen LogP contribution in [0.2, 0.25) is 0 Å². The molecular formula is C12H24N2O3. The van der Waals surface area contributed by atoms with Crippen molar-refractivity contribution in [2.24, 2.45) is 5.92 Å². The van der Waals surface area contributed by atoms with Crippen molar-refractivity contribution in [2.75, 3.05) is 40.4 Å². The monoisotopic (exact) mass is 244 g/mol. The number of ether oxygens (including phenoxy) is 1. The fraction of sp³-hybridized carbons (Fsp3) is 0.917. The largest absolute Gasteiger partial charge is 0.389 e. The predicted molar refractivity (Wildman–Crippen MR) is 65.7 cm³/mol. The lowest BCUT2D eigenvalue weighted by Crippen LogP contribution is -2.33. The molecule has 0 radical (unpaired) electrons. The van der Waals surface area contributed by atoms with Crippen molar-refractivity contribution >= 4 is 5.91 Å². The molecule has 1 aliphatic carbocycles. The van der Waals surface area contributed by atoms with Crippen molar-refractivity contribution in [3.05, 3.63) is 0 Å². The van der Waals surface area contributed by atoms with Crippen molar-refractivity contribution in [1.82, 2.24) is 10.2 Å². The molecule has 1 fully saturated rings. The molecule has 0 aromatic heterocycles. The first kappa shape index (κ1) is 14.4. The molecule has 0 saturated heterocycles. The Morgan fingerprint density at radius 2 is 2.24 bits per heavy atom. The molecule has 0 spiro atoms. The van der Waals surface area contributed by atoms with E-state index in [-0.39, 0.29) is 5.91 Å². The zero-order valence-corrected chi connectivity index (χ0v) is 10.8. The smallest absolute Gasteiger partial charge is 0.223 e. The Hall–Kier alpha value is -0.650. The molecule has 17 heavy (non-hydrogen) atoms.